The second-order valence-electron chi connectivity index (χ2n) is 8.19. The third-order valence-corrected chi connectivity index (χ3v) is 5.16. The Morgan fingerprint density at radius 1 is 0.429 bits per heavy atom. The Labute approximate surface area is 215 Å². The topological polar surface area (TPSA) is 80.3 Å². The molecule has 0 amide bonds. The standard InChI is InChI=1S/C17H9F21O4/c1-3(2)4(6(39)40)5(7(41)42)8(18,16(33,34)35)9(19,20)10(21,22)11(23,24)12(25,26)13(27,28)14(29,30)15(31,32)17(36,37)38/h3H,1-2H3,(H,39,40)(H,41,42)/p-2. The van der Waals surface area contributed by atoms with E-state index < -0.39 is 88.5 Å². The zero-order valence-electron chi connectivity index (χ0n) is 19.1. The van der Waals surface area contributed by atoms with Crippen molar-refractivity contribution in [2.24, 2.45) is 5.92 Å². The molecule has 25 heteroatoms. The van der Waals surface area contributed by atoms with Gasteiger partial charge in [-0.3, -0.25) is 0 Å². The highest BCUT2D eigenvalue weighted by atomic mass is 19.4. The summed E-state index contributed by atoms with van der Waals surface area (Å²) in [7, 11) is 0. The van der Waals surface area contributed by atoms with E-state index in [4.69, 9.17) is 0 Å². The monoisotopic (exact) mass is 674 g/mol. The summed E-state index contributed by atoms with van der Waals surface area (Å²) in [5.41, 5.74) is -15.6. The minimum atomic E-state index is -9.46. The van der Waals surface area contributed by atoms with Crippen LogP contribution in [-0.2, 0) is 9.59 Å². The van der Waals surface area contributed by atoms with Gasteiger partial charge in [-0.2, -0.15) is 87.8 Å². The molecular formula is C17H7F21O4-2. The molecule has 0 aromatic rings. The summed E-state index contributed by atoms with van der Waals surface area (Å²) in [6.07, 6.45) is -16.3. The van der Waals surface area contributed by atoms with Crippen molar-refractivity contribution in [2.75, 3.05) is 0 Å². The maximum atomic E-state index is 14.9. The lowest BCUT2D eigenvalue weighted by molar-refractivity contribution is -0.469. The van der Waals surface area contributed by atoms with E-state index in [2.05, 4.69) is 0 Å². The van der Waals surface area contributed by atoms with Crippen LogP contribution in [0.1, 0.15) is 13.8 Å². The molecule has 0 aliphatic rings. The number of rotatable bonds is 11. The molecule has 0 rings (SSSR count). The molecule has 1 atom stereocenters. The molecule has 0 aliphatic carbocycles. The second kappa shape index (κ2) is 10.1. The number of hydrogen-bond donors (Lipinski definition) is 0. The molecule has 0 aromatic carbocycles. The molecular weight excluding hydrogens is 667 g/mol. The summed E-state index contributed by atoms with van der Waals surface area (Å²) < 4.78 is 283. The van der Waals surface area contributed by atoms with Gasteiger partial charge in [-0.25, -0.2) is 4.39 Å². The molecule has 0 saturated carbocycles. The molecule has 0 heterocycles. The van der Waals surface area contributed by atoms with Crippen molar-refractivity contribution in [3.05, 3.63) is 11.1 Å². The van der Waals surface area contributed by atoms with E-state index in [1.165, 1.54) is 0 Å². The third kappa shape index (κ3) is 4.86. The maximum Gasteiger partial charge on any atom is 0.460 e. The van der Waals surface area contributed by atoms with E-state index in [1.54, 1.807) is 0 Å². The van der Waals surface area contributed by atoms with Gasteiger partial charge in [0.25, 0.3) is 0 Å². The van der Waals surface area contributed by atoms with Gasteiger partial charge in [0, 0.05) is 5.57 Å². The van der Waals surface area contributed by atoms with E-state index in [0.717, 1.165) is 0 Å². The van der Waals surface area contributed by atoms with Gasteiger partial charge in [-0.15, -0.1) is 0 Å². The van der Waals surface area contributed by atoms with Crippen LogP contribution in [0.15, 0.2) is 11.1 Å². The first kappa shape index (κ1) is 39.2. The van der Waals surface area contributed by atoms with Crippen molar-refractivity contribution >= 4 is 11.9 Å². The van der Waals surface area contributed by atoms with Gasteiger partial charge in [0.05, 0.1) is 11.9 Å². The number of carboxylic acids is 2. The first-order chi connectivity index (χ1) is 17.8. The fourth-order valence-electron chi connectivity index (χ4n) is 2.92. The van der Waals surface area contributed by atoms with E-state index >= 15 is 0 Å². The van der Waals surface area contributed by atoms with Crippen LogP contribution in [-0.4, -0.2) is 71.4 Å². The van der Waals surface area contributed by atoms with Gasteiger partial charge in [-0.1, -0.05) is 13.8 Å². The summed E-state index contributed by atoms with van der Waals surface area (Å²) in [5.74, 6) is -74.6. The number of carboxylic acid groups (broad SMARTS) is 2. The molecule has 0 saturated heterocycles. The minimum Gasteiger partial charge on any atom is -0.545 e. The highest BCUT2D eigenvalue weighted by molar-refractivity contribution is 5.99. The van der Waals surface area contributed by atoms with Crippen molar-refractivity contribution < 1.29 is 112 Å². The van der Waals surface area contributed by atoms with Crippen molar-refractivity contribution in [2.45, 2.75) is 73.3 Å². The third-order valence-electron chi connectivity index (χ3n) is 5.16. The summed E-state index contributed by atoms with van der Waals surface area (Å²) in [4.78, 5) is 22.0. The lowest BCUT2D eigenvalue weighted by atomic mass is 9.76. The van der Waals surface area contributed by atoms with Gasteiger partial charge in [0.1, 0.15) is 0 Å². The number of carbonyl (C=O) groups excluding carboxylic acids is 2. The van der Waals surface area contributed by atoms with E-state index in [-0.39, 0.29) is 13.8 Å². The van der Waals surface area contributed by atoms with Crippen LogP contribution in [0.25, 0.3) is 0 Å². The van der Waals surface area contributed by atoms with Crippen molar-refractivity contribution in [1.29, 1.82) is 0 Å². The molecule has 42 heavy (non-hydrogen) atoms. The molecule has 0 bridgehead atoms. The molecule has 0 N–H and O–H groups in total. The summed E-state index contributed by atoms with van der Waals surface area (Å²) in [5, 5.41) is 22.0. The zero-order chi connectivity index (χ0) is 34.9. The fourth-order valence-corrected chi connectivity index (χ4v) is 2.92. The van der Waals surface area contributed by atoms with Gasteiger partial charge < -0.3 is 19.8 Å². The first-order valence-electron chi connectivity index (χ1n) is 9.48. The normalized spacial score (nSPS) is 17.6. The SMILES string of the molecule is CC(C)C(C(=O)[O-])=C(C(=O)[O-])C(F)(C(F)(F)F)C(F)(F)C(F)(F)C(F)(F)C(F)(F)C(F)(F)C(F)(F)C(F)(F)C(F)(F)F. The second-order valence-corrected chi connectivity index (χ2v) is 8.19. The molecule has 0 aromatic heterocycles. The largest absolute Gasteiger partial charge is 0.545 e. The highest BCUT2D eigenvalue weighted by Gasteiger charge is 2.98. The zero-order valence-corrected chi connectivity index (χ0v) is 19.1. The quantitative estimate of drug-likeness (QED) is 0.235. The smallest absolute Gasteiger partial charge is 0.460 e. The van der Waals surface area contributed by atoms with E-state index in [9.17, 15) is 112 Å². The summed E-state index contributed by atoms with van der Waals surface area (Å²) >= 11 is 0. The average Bonchev–Trinajstić information content (AvgIpc) is 2.73. The highest BCUT2D eigenvalue weighted by Crippen LogP contribution is 2.67. The number of aliphatic carboxylic acids is 2. The molecule has 0 spiro atoms. The number of alkyl halides is 21. The Hall–Kier alpha value is -2.79. The molecule has 1 unspecified atom stereocenters. The predicted molar refractivity (Wildman–Crippen MR) is 82.5 cm³/mol. The van der Waals surface area contributed by atoms with Crippen LogP contribution in [0, 0.1) is 5.92 Å². The number of hydrogen-bond acceptors (Lipinski definition) is 4. The Morgan fingerprint density at radius 3 is 0.881 bits per heavy atom. The minimum absolute atomic E-state index is 0.132. The first-order valence-corrected chi connectivity index (χ1v) is 9.48. The Morgan fingerprint density at radius 2 is 0.690 bits per heavy atom. The number of carbonyl (C=O) groups is 2. The Kier molecular flexibility index (Phi) is 9.47. The average molecular weight is 674 g/mol. The van der Waals surface area contributed by atoms with Gasteiger partial charge in [0.15, 0.2) is 0 Å². The van der Waals surface area contributed by atoms with Crippen LogP contribution in [0.5, 0.6) is 0 Å². The van der Waals surface area contributed by atoms with E-state index in [1.807, 2.05) is 0 Å². The van der Waals surface area contributed by atoms with Crippen molar-refractivity contribution in [3.63, 3.8) is 0 Å². The van der Waals surface area contributed by atoms with Crippen LogP contribution in [0.2, 0.25) is 0 Å². The molecule has 0 radical (unpaired) electrons. The van der Waals surface area contributed by atoms with Crippen LogP contribution >= 0.6 is 0 Å². The fraction of sp³-hybridized carbons (Fsp3) is 0.765. The maximum absolute atomic E-state index is 14.9. The summed E-state index contributed by atoms with van der Waals surface area (Å²) in [6.45, 7) is 0.265. The Balaban J connectivity index is 8.03. The van der Waals surface area contributed by atoms with Crippen LogP contribution in [0.3, 0.4) is 0 Å². The van der Waals surface area contributed by atoms with Crippen LogP contribution < -0.4 is 10.2 Å². The molecule has 4 nitrogen and oxygen atoms in total. The molecule has 0 fully saturated rings. The van der Waals surface area contributed by atoms with Gasteiger partial charge >= 0.3 is 59.5 Å². The van der Waals surface area contributed by atoms with Crippen LogP contribution in [0.4, 0.5) is 92.2 Å². The van der Waals surface area contributed by atoms with Gasteiger partial charge in [0.2, 0.25) is 0 Å². The lowest BCUT2D eigenvalue weighted by Crippen LogP contribution is -2.77. The predicted octanol–water partition coefficient (Wildman–Crippen LogP) is 4.72. The van der Waals surface area contributed by atoms with Crippen molar-refractivity contribution in [3.8, 4) is 0 Å². The Bertz CT molecular complexity index is 1100. The van der Waals surface area contributed by atoms with Crippen molar-refractivity contribution in [1.82, 2.24) is 0 Å². The van der Waals surface area contributed by atoms with Gasteiger partial charge in [-0.05, 0) is 11.5 Å². The summed E-state index contributed by atoms with van der Waals surface area (Å²) in [6, 6.07) is 0. The molecule has 0 aliphatic heterocycles. The number of halogens is 21. The lowest BCUT2D eigenvalue weighted by Gasteiger charge is -2.46. The van der Waals surface area contributed by atoms with E-state index in [0.29, 0.717) is 0 Å². The molecule has 248 valence electrons.